The van der Waals surface area contributed by atoms with E-state index in [-0.39, 0.29) is 0 Å². The summed E-state index contributed by atoms with van der Waals surface area (Å²) in [5, 5.41) is 9.29. The summed E-state index contributed by atoms with van der Waals surface area (Å²) in [6.07, 6.45) is 8.96. The van der Waals surface area contributed by atoms with E-state index in [1.165, 1.54) is 32.1 Å². The Kier molecular flexibility index (Phi) is 9.70. The molecule has 2 heteroatoms. The van der Waals surface area contributed by atoms with Gasteiger partial charge in [0.05, 0.1) is 6.61 Å². The maximum absolute atomic E-state index is 9.29. The number of hydrogen-bond acceptors (Lipinski definition) is 2. The largest absolute Gasteiger partial charge is 0.496 e. The van der Waals surface area contributed by atoms with Crippen molar-refractivity contribution in [2.45, 2.75) is 65.4 Å². The smallest absolute Gasteiger partial charge is 0.120 e. The first-order valence-corrected chi connectivity index (χ1v) is 6.19. The van der Waals surface area contributed by atoms with Gasteiger partial charge in [0.1, 0.15) is 11.9 Å². The molecule has 0 spiro atoms. The van der Waals surface area contributed by atoms with Crippen molar-refractivity contribution in [3.05, 3.63) is 11.8 Å². The van der Waals surface area contributed by atoms with Gasteiger partial charge in [-0.15, -0.1) is 0 Å². The molecule has 0 aromatic carbocycles. The van der Waals surface area contributed by atoms with Crippen molar-refractivity contribution in [2.24, 2.45) is 0 Å². The Balaban J connectivity index is 3.30. The maximum atomic E-state index is 9.29. The normalized spacial score (nSPS) is 14.0. The lowest BCUT2D eigenvalue weighted by atomic mass is 10.1. The molecule has 0 amide bonds. The highest BCUT2D eigenvalue weighted by atomic mass is 16.5. The van der Waals surface area contributed by atoms with Crippen molar-refractivity contribution in [3.8, 4) is 0 Å². The molecule has 0 aliphatic heterocycles. The van der Waals surface area contributed by atoms with Gasteiger partial charge >= 0.3 is 0 Å². The average Bonchev–Trinajstić information content (AvgIpc) is 2.21. The zero-order valence-corrected chi connectivity index (χ0v) is 10.5. The molecule has 0 saturated heterocycles. The molecule has 0 bridgehead atoms. The van der Waals surface area contributed by atoms with Gasteiger partial charge < -0.3 is 9.84 Å². The van der Waals surface area contributed by atoms with E-state index >= 15 is 0 Å². The summed E-state index contributed by atoms with van der Waals surface area (Å²) in [6, 6.07) is 0. The fourth-order valence-corrected chi connectivity index (χ4v) is 1.52. The summed E-state index contributed by atoms with van der Waals surface area (Å²) < 4.78 is 5.47. The van der Waals surface area contributed by atoms with Crippen LogP contribution in [0.1, 0.15) is 59.3 Å². The fraction of sp³-hybridized carbons (Fsp3) is 0.846. The Morgan fingerprint density at radius 1 is 1.20 bits per heavy atom. The van der Waals surface area contributed by atoms with E-state index in [0.717, 1.165) is 13.0 Å². The number of aliphatic hydroxyl groups excluding tert-OH is 1. The second-order valence-corrected chi connectivity index (χ2v) is 3.98. The molecule has 0 aliphatic rings. The Labute approximate surface area is 94.3 Å². The first-order valence-electron chi connectivity index (χ1n) is 6.19. The molecule has 0 aromatic heterocycles. The van der Waals surface area contributed by atoms with Gasteiger partial charge in [-0.3, -0.25) is 0 Å². The lowest BCUT2D eigenvalue weighted by Crippen LogP contribution is -2.08. The summed E-state index contributed by atoms with van der Waals surface area (Å²) >= 11 is 0. The van der Waals surface area contributed by atoms with Crippen LogP contribution in [0.4, 0.5) is 0 Å². The Bertz CT molecular complexity index is 162. The second-order valence-electron chi connectivity index (χ2n) is 3.98. The fourth-order valence-electron chi connectivity index (χ4n) is 1.52. The molecule has 0 aromatic rings. The third kappa shape index (κ3) is 8.49. The van der Waals surface area contributed by atoms with Gasteiger partial charge in [0.15, 0.2) is 0 Å². The highest BCUT2D eigenvalue weighted by Crippen LogP contribution is 2.08. The van der Waals surface area contributed by atoms with Crippen LogP contribution in [0.25, 0.3) is 0 Å². The van der Waals surface area contributed by atoms with E-state index in [2.05, 4.69) is 6.92 Å². The number of hydrogen-bond donors (Lipinski definition) is 1. The van der Waals surface area contributed by atoms with Crippen molar-refractivity contribution in [3.63, 3.8) is 0 Å². The van der Waals surface area contributed by atoms with E-state index in [0.29, 0.717) is 5.76 Å². The minimum Gasteiger partial charge on any atom is -0.496 e. The van der Waals surface area contributed by atoms with E-state index in [4.69, 9.17) is 4.74 Å². The molecular formula is C13H26O2. The lowest BCUT2D eigenvalue weighted by molar-refractivity contribution is 0.109. The molecule has 1 unspecified atom stereocenters. The predicted octanol–water partition coefficient (Wildman–Crippen LogP) is 3.65. The molecule has 0 radical (unpaired) electrons. The van der Waals surface area contributed by atoms with Gasteiger partial charge in [-0.2, -0.15) is 0 Å². The van der Waals surface area contributed by atoms with Crippen LogP contribution in [0.15, 0.2) is 11.8 Å². The molecule has 1 atom stereocenters. The van der Waals surface area contributed by atoms with Crippen molar-refractivity contribution in [1.29, 1.82) is 0 Å². The summed E-state index contributed by atoms with van der Waals surface area (Å²) in [4.78, 5) is 0. The summed E-state index contributed by atoms with van der Waals surface area (Å²) in [5.41, 5.74) is 0. The van der Waals surface area contributed by atoms with Gasteiger partial charge in [0.2, 0.25) is 0 Å². The minimum atomic E-state index is -0.477. The Morgan fingerprint density at radius 2 is 1.80 bits per heavy atom. The van der Waals surface area contributed by atoms with Crippen LogP contribution in [-0.4, -0.2) is 17.8 Å². The van der Waals surface area contributed by atoms with Crippen molar-refractivity contribution in [2.75, 3.05) is 6.61 Å². The van der Waals surface area contributed by atoms with Crippen LogP contribution < -0.4 is 0 Å². The van der Waals surface area contributed by atoms with Crippen LogP contribution >= 0.6 is 0 Å². The van der Waals surface area contributed by atoms with Gasteiger partial charge in [-0.05, 0) is 26.3 Å². The molecule has 90 valence electrons. The third-order valence-electron chi connectivity index (χ3n) is 2.46. The summed E-state index contributed by atoms with van der Waals surface area (Å²) in [7, 11) is 0. The van der Waals surface area contributed by atoms with Crippen LogP contribution in [-0.2, 0) is 4.74 Å². The van der Waals surface area contributed by atoms with Gasteiger partial charge in [-0.1, -0.05) is 39.0 Å². The quantitative estimate of drug-likeness (QED) is 0.469. The Hall–Kier alpha value is -0.500. The molecule has 0 rings (SSSR count). The van der Waals surface area contributed by atoms with Crippen LogP contribution in [0.3, 0.4) is 0 Å². The molecule has 0 saturated carbocycles. The SMILES string of the molecule is CC=C(OCCCCCCCC)C(C)O. The molecule has 0 fully saturated rings. The first kappa shape index (κ1) is 14.5. The third-order valence-corrected chi connectivity index (χ3v) is 2.46. The summed E-state index contributed by atoms with van der Waals surface area (Å²) in [5.74, 6) is 0.698. The van der Waals surface area contributed by atoms with E-state index in [1.54, 1.807) is 6.92 Å². The Morgan fingerprint density at radius 3 is 2.33 bits per heavy atom. The van der Waals surface area contributed by atoms with Gasteiger partial charge in [0, 0.05) is 0 Å². The molecule has 0 heterocycles. The number of allylic oxidation sites excluding steroid dienone is 1. The molecule has 2 nitrogen and oxygen atoms in total. The van der Waals surface area contributed by atoms with Crippen LogP contribution in [0.2, 0.25) is 0 Å². The van der Waals surface area contributed by atoms with Crippen molar-refractivity contribution in [1.82, 2.24) is 0 Å². The zero-order valence-electron chi connectivity index (χ0n) is 10.5. The molecule has 0 aliphatic carbocycles. The van der Waals surface area contributed by atoms with Gasteiger partial charge in [-0.25, -0.2) is 0 Å². The number of ether oxygens (including phenoxy) is 1. The van der Waals surface area contributed by atoms with Crippen molar-refractivity contribution < 1.29 is 9.84 Å². The van der Waals surface area contributed by atoms with Crippen LogP contribution in [0.5, 0.6) is 0 Å². The number of rotatable bonds is 9. The molecular weight excluding hydrogens is 188 g/mol. The van der Waals surface area contributed by atoms with E-state index in [1.807, 2.05) is 13.0 Å². The number of aliphatic hydroxyl groups is 1. The summed E-state index contributed by atoms with van der Waals surface area (Å²) in [6.45, 7) is 6.58. The monoisotopic (exact) mass is 214 g/mol. The lowest BCUT2D eigenvalue weighted by Gasteiger charge is -2.12. The predicted molar refractivity (Wildman–Crippen MR) is 64.8 cm³/mol. The standard InChI is InChI=1S/C13H26O2/c1-4-6-7-8-9-10-11-15-13(5-2)12(3)14/h5,12,14H,4,6-11H2,1-3H3. The van der Waals surface area contributed by atoms with Gasteiger partial charge in [0.25, 0.3) is 0 Å². The molecule has 1 N–H and O–H groups in total. The zero-order chi connectivity index (χ0) is 11.5. The minimum absolute atomic E-state index is 0.477. The highest BCUT2D eigenvalue weighted by Gasteiger charge is 2.03. The van der Waals surface area contributed by atoms with E-state index in [9.17, 15) is 5.11 Å². The van der Waals surface area contributed by atoms with Crippen molar-refractivity contribution >= 4 is 0 Å². The maximum Gasteiger partial charge on any atom is 0.120 e. The topological polar surface area (TPSA) is 29.5 Å². The number of unbranched alkanes of at least 4 members (excludes halogenated alkanes) is 5. The first-order chi connectivity index (χ1) is 7.22. The average molecular weight is 214 g/mol. The highest BCUT2D eigenvalue weighted by molar-refractivity contribution is 4.95. The second kappa shape index (κ2) is 10.0. The molecule has 15 heavy (non-hydrogen) atoms. The van der Waals surface area contributed by atoms with Crippen LogP contribution in [0, 0.1) is 0 Å². The van der Waals surface area contributed by atoms with E-state index < -0.39 is 6.10 Å².